The molecule has 0 aromatic heterocycles. The number of carbonyl (C=O) groups excluding carboxylic acids is 1. The van der Waals surface area contributed by atoms with Gasteiger partial charge in [0.2, 0.25) is 0 Å². The highest BCUT2D eigenvalue weighted by molar-refractivity contribution is 5.97. The molecule has 1 amide bonds. The van der Waals surface area contributed by atoms with Gasteiger partial charge in [-0.15, -0.1) is 0 Å². The van der Waals surface area contributed by atoms with Gasteiger partial charge >= 0.3 is 0 Å². The molecule has 1 aromatic carbocycles. The number of benzene rings is 1. The Morgan fingerprint density at radius 3 is 2.83 bits per heavy atom. The zero-order chi connectivity index (χ0) is 13.1. The molecule has 1 aliphatic heterocycles. The van der Waals surface area contributed by atoms with Crippen molar-refractivity contribution in [1.82, 2.24) is 5.06 Å². The van der Waals surface area contributed by atoms with Crippen molar-refractivity contribution >= 4 is 11.6 Å². The lowest BCUT2D eigenvalue weighted by Crippen LogP contribution is -2.36. The summed E-state index contributed by atoms with van der Waals surface area (Å²) in [4.78, 5) is 27.1. The average molecular weight is 254 g/mol. The van der Waals surface area contributed by atoms with Crippen LogP contribution in [0.25, 0.3) is 0 Å². The first kappa shape index (κ1) is 12.4. The Balaban J connectivity index is 2.31. The molecule has 2 rings (SSSR count). The lowest BCUT2D eigenvalue weighted by Gasteiger charge is -2.25. The molecule has 0 bridgehead atoms. The van der Waals surface area contributed by atoms with Gasteiger partial charge in [0, 0.05) is 6.54 Å². The molecule has 7 heteroatoms. The molecule has 0 radical (unpaired) electrons. The van der Waals surface area contributed by atoms with Crippen LogP contribution in [0.3, 0.4) is 0 Å². The van der Waals surface area contributed by atoms with E-state index in [1.807, 2.05) is 0 Å². The summed E-state index contributed by atoms with van der Waals surface area (Å²) >= 11 is 0. The summed E-state index contributed by atoms with van der Waals surface area (Å²) in [6, 6.07) is 2.86. The van der Waals surface area contributed by atoms with Crippen LogP contribution >= 0.6 is 0 Å². The average Bonchev–Trinajstić information content (AvgIpc) is 2.39. The van der Waals surface area contributed by atoms with Gasteiger partial charge in [-0.1, -0.05) is 0 Å². The maximum atomic E-state index is 13.0. The van der Waals surface area contributed by atoms with E-state index in [2.05, 4.69) is 0 Å². The molecule has 1 aliphatic rings. The molecule has 1 heterocycles. The van der Waals surface area contributed by atoms with Crippen molar-refractivity contribution in [3.63, 3.8) is 0 Å². The Morgan fingerprint density at radius 2 is 2.22 bits per heavy atom. The van der Waals surface area contributed by atoms with E-state index in [4.69, 9.17) is 4.84 Å². The molecule has 1 fully saturated rings. The first-order chi connectivity index (χ1) is 8.59. The monoisotopic (exact) mass is 254 g/mol. The van der Waals surface area contributed by atoms with Crippen LogP contribution in [0.2, 0.25) is 0 Å². The number of nitro benzene ring substituents is 1. The lowest BCUT2D eigenvalue weighted by atomic mass is 10.1. The standard InChI is InChI=1S/C11H11FN2O4/c12-8-3-4-9(10(7-8)14(16)17)11(15)13-5-1-2-6-18-13/h3-4,7H,1-2,5-6H2. The van der Waals surface area contributed by atoms with Gasteiger partial charge in [0.15, 0.2) is 0 Å². The van der Waals surface area contributed by atoms with E-state index in [0.29, 0.717) is 13.2 Å². The molecule has 0 saturated carbocycles. The summed E-state index contributed by atoms with van der Waals surface area (Å²) in [5, 5.41) is 11.9. The van der Waals surface area contributed by atoms with E-state index >= 15 is 0 Å². The number of halogens is 1. The fourth-order valence-corrected chi connectivity index (χ4v) is 1.73. The largest absolute Gasteiger partial charge is 0.285 e. The number of nitro groups is 1. The predicted octanol–water partition coefficient (Wildman–Crippen LogP) is 1.90. The Morgan fingerprint density at radius 1 is 1.44 bits per heavy atom. The summed E-state index contributed by atoms with van der Waals surface area (Å²) in [6.07, 6.45) is 1.62. The first-order valence-corrected chi connectivity index (χ1v) is 5.48. The third-order valence-electron chi connectivity index (χ3n) is 2.62. The number of hydrogen-bond donors (Lipinski definition) is 0. The Kier molecular flexibility index (Phi) is 3.52. The third-order valence-corrected chi connectivity index (χ3v) is 2.62. The highest BCUT2D eigenvalue weighted by Gasteiger charge is 2.27. The molecular formula is C11H11FN2O4. The number of amides is 1. The molecule has 96 valence electrons. The normalized spacial score (nSPS) is 15.5. The maximum absolute atomic E-state index is 13.0. The maximum Gasteiger partial charge on any atom is 0.285 e. The van der Waals surface area contributed by atoms with Gasteiger partial charge in [0.05, 0.1) is 17.6 Å². The van der Waals surface area contributed by atoms with Crippen molar-refractivity contribution in [3.8, 4) is 0 Å². The quantitative estimate of drug-likeness (QED) is 0.596. The van der Waals surface area contributed by atoms with Crippen LogP contribution in [-0.4, -0.2) is 29.0 Å². The summed E-state index contributed by atoms with van der Waals surface area (Å²) < 4.78 is 13.0. The van der Waals surface area contributed by atoms with Crippen molar-refractivity contribution < 1.29 is 18.9 Å². The molecule has 0 spiro atoms. The van der Waals surface area contributed by atoms with Gasteiger partial charge in [-0.2, -0.15) is 0 Å². The number of hydrogen-bond acceptors (Lipinski definition) is 4. The van der Waals surface area contributed by atoms with Crippen LogP contribution in [0.1, 0.15) is 23.2 Å². The van der Waals surface area contributed by atoms with E-state index in [0.717, 1.165) is 36.1 Å². The molecule has 1 saturated heterocycles. The van der Waals surface area contributed by atoms with Crippen LogP contribution in [0.5, 0.6) is 0 Å². The topological polar surface area (TPSA) is 72.7 Å². The summed E-state index contributed by atoms with van der Waals surface area (Å²) in [6.45, 7) is 0.786. The SMILES string of the molecule is O=C(c1ccc(F)cc1[N+](=O)[O-])N1CCCCO1. The summed E-state index contributed by atoms with van der Waals surface area (Å²) in [7, 11) is 0. The van der Waals surface area contributed by atoms with Gasteiger partial charge < -0.3 is 0 Å². The van der Waals surface area contributed by atoms with Gasteiger partial charge in [-0.25, -0.2) is 9.45 Å². The van der Waals surface area contributed by atoms with E-state index in [-0.39, 0.29) is 5.56 Å². The number of hydroxylamine groups is 2. The van der Waals surface area contributed by atoms with Gasteiger partial charge in [-0.05, 0) is 25.0 Å². The molecule has 0 atom stereocenters. The second-order valence-corrected chi connectivity index (χ2v) is 3.87. The molecule has 18 heavy (non-hydrogen) atoms. The molecule has 1 aromatic rings. The van der Waals surface area contributed by atoms with E-state index in [9.17, 15) is 19.3 Å². The predicted molar refractivity (Wildman–Crippen MR) is 59.3 cm³/mol. The smallest absolute Gasteiger partial charge is 0.271 e. The van der Waals surface area contributed by atoms with Crippen LogP contribution in [-0.2, 0) is 4.84 Å². The number of carbonyl (C=O) groups is 1. The molecule has 0 aliphatic carbocycles. The van der Waals surface area contributed by atoms with Crippen molar-refractivity contribution in [1.29, 1.82) is 0 Å². The van der Waals surface area contributed by atoms with Gasteiger partial charge in [-0.3, -0.25) is 19.7 Å². The molecule has 0 unspecified atom stereocenters. The Bertz CT molecular complexity index is 486. The minimum Gasteiger partial charge on any atom is -0.271 e. The Hall–Kier alpha value is -2.02. The highest BCUT2D eigenvalue weighted by Crippen LogP contribution is 2.22. The van der Waals surface area contributed by atoms with Crippen LogP contribution < -0.4 is 0 Å². The second kappa shape index (κ2) is 5.09. The fourth-order valence-electron chi connectivity index (χ4n) is 1.73. The van der Waals surface area contributed by atoms with Crippen LogP contribution in [0.15, 0.2) is 18.2 Å². The summed E-state index contributed by atoms with van der Waals surface area (Å²) in [5.74, 6) is -1.36. The van der Waals surface area contributed by atoms with Crippen LogP contribution in [0, 0.1) is 15.9 Å². The van der Waals surface area contributed by atoms with Crippen molar-refractivity contribution in [3.05, 3.63) is 39.7 Å². The fraction of sp³-hybridized carbons (Fsp3) is 0.364. The summed E-state index contributed by atoms with van der Waals surface area (Å²) in [5.41, 5.74) is -0.711. The van der Waals surface area contributed by atoms with Gasteiger partial charge in [0.25, 0.3) is 11.6 Å². The second-order valence-electron chi connectivity index (χ2n) is 3.87. The lowest BCUT2D eigenvalue weighted by molar-refractivity contribution is -0.385. The first-order valence-electron chi connectivity index (χ1n) is 5.48. The van der Waals surface area contributed by atoms with E-state index in [1.165, 1.54) is 0 Å². The van der Waals surface area contributed by atoms with Gasteiger partial charge in [0.1, 0.15) is 11.4 Å². The van der Waals surface area contributed by atoms with Crippen molar-refractivity contribution in [2.24, 2.45) is 0 Å². The van der Waals surface area contributed by atoms with Crippen molar-refractivity contribution in [2.45, 2.75) is 12.8 Å². The van der Waals surface area contributed by atoms with E-state index < -0.39 is 22.3 Å². The zero-order valence-corrected chi connectivity index (χ0v) is 9.47. The Labute approximate surface area is 102 Å². The van der Waals surface area contributed by atoms with Crippen LogP contribution in [0.4, 0.5) is 10.1 Å². The highest BCUT2D eigenvalue weighted by atomic mass is 19.1. The minimum absolute atomic E-state index is 0.164. The van der Waals surface area contributed by atoms with Crippen molar-refractivity contribution in [2.75, 3.05) is 13.2 Å². The zero-order valence-electron chi connectivity index (χ0n) is 9.47. The molecule has 6 nitrogen and oxygen atoms in total. The molecule has 0 N–H and O–H groups in total. The third kappa shape index (κ3) is 2.45. The number of nitrogens with zero attached hydrogens (tertiary/aromatic N) is 2. The minimum atomic E-state index is -0.778. The molecular weight excluding hydrogens is 243 g/mol. The van der Waals surface area contributed by atoms with E-state index in [1.54, 1.807) is 0 Å². The number of rotatable bonds is 2.